The number of rotatable bonds is 8. The van der Waals surface area contributed by atoms with Crippen LogP contribution in [0.2, 0.25) is 0 Å². The van der Waals surface area contributed by atoms with Crippen molar-refractivity contribution in [2.24, 2.45) is 5.92 Å². The van der Waals surface area contributed by atoms with Crippen molar-refractivity contribution in [1.82, 2.24) is 15.1 Å². The molecule has 2 fully saturated rings. The van der Waals surface area contributed by atoms with E-state index in [9.17, 15) is 15.0 Å². The fourth-order valence-corrected chi connectivity index (χ4v) is 3.71. The molecule has 2 aliphatic rings. The molecule has 144 valence electrons. The summed E-state index contributed by atoms with van der Waals surface area (Å²) in [7, 11) is 0. The van der Waals surface area contributed by atoms with Crippen molar-refractivity contribution in [2.75, 3.05) is 32.8 Å². The molecule has 3 rings (SSSR count). The van der Waals surface area contributed by atoms with Gasteiger partial charge in [-0.2, -0.15) is 0 Å². The van der Waals surface area contributed by atoms with E-state index in [1.54, 1.807) is 12.1 Å². The van der Waals surface area contributed by atoms with Crippen molar-refractivity contribution < 1.29 is 15.0 Å². The Morgan fingerprint density at radius 2 is 2.15 bits per heavy atom. The van der Waals surface area contributed by atoms with Gasteiger partial charge in [0.1, 0.15) is 5.75 Å². The van der Waals surface area contributed by atoms with Crippen molar-refractivity contribution in [3.8, 4) is 5.75 Å². The number of aliphatic hydroxyl groups is 1. The summed E-state index contributed by atoms with van der Waals surface area (Å²) in [5.41, 5.74) is 0.954. The molecule has 2 amide bonds. The molecule has 0 bridgehead atoms. The van der Waals surface area contributed by atoms with Crippen molar-refractivity contribution in [2.45, 2.75) is 44.7 Å². The van der Waals surface area contributed by atoms with Gasteiger partial charge in [0.2, 0.25) is 0 Å². The lowest BCUT2D eigenvalue weighted by atomic mass is 9.99. The van der Waals surface area contributed by atoms with E-state index >= 15 is 0 Å². The summed E-state index contributed by atoms with van der Waals surface area (Å²) in [4.78, 5) is 16.8. The van der Waals surface area contributed by atoms with Crippen LogP contribution < -0.4 is 5.32 Å². The molecule has 1 aliphatic carbocycles. The molecular formula is C20H31N3O3. The van der Waals surface area contributed by atoms with Crippen molar-refractivity contribution >= 4 is 6.03 Å². The van der Waals surface area contributed by atoms with Crippen LogP contribution >= 0.6 is 0 Å². The largest absolute Gasteiger partial charge is 0.508 e. The lowest BCUT2D eigenvalue weighted by molar-refractivity contribution is 0.119. The van der Waals surface area contributed by atoms with Gasteiger partial charge in [-0.1, -0.05) is 12.1 Å². The smallest absolute Gasteiger partial charge is 0.317 e. The minimum atomic E-state index is -0.0114. The molecule has 1 atom stereocenters. The van der Waals surface area contributed by atoms with E-state index in [0.717, 1.165) is 57.3 Å². The van der Waals surface area contributed by atoms with Gasteiger partial charge in [-0.05, 0) is 68.8 Å². The number of benzene rings is 1. The van der Waals surface area contributed by atoms with Crippen LogP contribution in [0.4, 0.5) is 4.79 Å². The minimum absolute atomic E-state index is 0.0114. The topological polar surface area (TPSA) is 76.0 Å². The second-order valence-corrected chi connectivity index (χ2v) is 7.61. The summed E-state index contributed by atoms with van der Waals surface area (Å²) in [6.07, 6.45) is 5.31. The Hall–Kier alpha value is -1.79. The van der Waals surface area contributed by atoms with Gasteiger partial charge in [0.15, 0.2) is 0 Å². The minimum Gasteiger partial charge on any atom is -0.508 e. The fourth-order valence-electron chi connectivity index (χ4n) is 3.71. The second kappa shape index (κ2) is 9.24. The zero-order valence-electron chi connectivity index (χ0n) is 15.4. The van der Waals surface area contributed by atoms with E-state index in [4.69, 9.17) is 0 Å². The molecule has 0 spiro atoms. The third-order valence-corrected chi connectivity index (χ3v) is 5.30. The highest BCUT2D eigenvalue weighted by Crippen LogP contribution is 2.28. The Morgan fingerprint density at radius 1 is 1.31 bits per heavy atom. The zero-order valence-corrected chi connectivity index (χ0v) is 15.4. The van der Waals surface area contributed by atoms with E-state index in [1.165, 1.54) is 0 Å². The first-order chi connectivity index (χ1) is 12.7. The molecule has 1 saturated carbocycles. The van der Waals surface area contributed by atoms with Crippen LogP contribution in [-0.4, -0.2) is 64.9 Å². The van der Waals surface area contributed by atoms with E-state index in [0.29, 0.717) is 25.0 Å². The Kier molecular flexibility index (Phi) is 6.74. The zero-order chi connectivity index (χ0) is 18.4. The first-order valence-electron chi connectivity index (χ1n) is 9.81. The van der Waals surface area contributed by atoms with E-state index in [-0.39, 0.29) is 18.4 Å². The molecule has 26 heavy (non-hydrogen) atoms. The number of carbonyl (C=O) groups is 1. The molecule has 1 aromatic carbocycles. The van der Waals surface area contributed by atoms with Crippen LogP contribution in [0.1, 0.15) is 37.7 Å². The molecule has 6 heteroatoms. The Labute approximate surface area is 155 Å². The molecule has 1 aromatic rings. The number of urea groups is 1. The van der Waals surface area contributed by atoms with Crippen LogP contribution in [0, 0.1) is 5.92 Å². The number of piperidine rings is 1. The normalized spacial score (nSPS) is 20.7. The van der Waals surface area contributed by atoms with Crippen LogP contribution in [0.25, 0.3) is 0 Å². The maximum absolute atomic E-state index is 12.6. The number of hydrogen-bond acceptors (Lipinski definition) is 4. The van der Waals surface area contributed by atoms with Gasteiger partial charge in [-0.15, -0.1) is 0 Å². The van der Waals surface area contributed by atoms with Crippen LogP contribution in [0.5, 0.6) is 5.75 Å². The lowest BCUT2D eigenvalue weighted by Gasteiger charge is -2.31. The van der Waals surface area contributed by atoms with Crippen molar-refractivity contribution in [1.29, 1.82) is 0 Å². The first-order valence-corrected chi connectivity index (χ1v) is 9.81. The third-order valence-electron chi connectivity index (χ3n) is 5.30. The van der Waals surface area contributed by atoms with Gasteiger partial charge in [0.25, 0.3) is 0 Å². The molecular weight excluding hydrogens is 330 g/mol. The number of aliphatic hydroxyl groups excluding tert-OH is 1. The first kappa shape index (κ1) is 19.0. The highest BCUT2D eigenvalue weighted by molar-refractivity contribution is 5.74. The second-order valence-electron chi connectivity index (χ2n) is 7.61. The third kappa shape index (κ3) is 5.61. The number of phenols is 1. The highest BCUT2D eigenvalue weighted by atomic mass is 16.3. The number of aromatic hydroxyl groups is 1. The summed E-state index contributed by atoms with van der Waals surface area (Å²) in [5, 5.41) is 22.0. The molecule has 0 unspecified atom stereocenters. The summed E-state index contributed by atoms with van der Waals surface area (Å²) in [6, 6.07) is 7.43. The molecule has 0 radical (unpaired) electrons. The van der Waals surface area contributed by atoms with Crippen LogP contribution in [0.15, 0.2) is 24.3 Å². The Morgan fingerprint density at radius 3 is 2.88 bits per heavy atom. The van der Waals surface area contributed by atoms with E-state index in [1.807, 2.05) is 17.0 Å². The summed E-state index contributed by atoms with van der Waals surface area (Å²) < 4.78 is 0. The summed E-state index contributed by atoms with van der Waals surface area (Å²) >= 11 is 0. The number of hydrogen-bond donors (Lipinski definition) is 3. The fraction of sp³-hybridized carbons (Fsp3) is 0.650. The SMILES string of the molecule is O=C(NCCCN1CCC[C@@H](CO)C1)N(Cc1cccc(O)c1)C1CC1. The number of amides is 2. The standard InChI is InChI=1S/C20H31N3O3/c24-15-17-5-2-10-22(13-17)11-3-9-21-20(26)23(18-7-8-18)14-16-4-1-6-19(25)12-16/h1,4,6,12,17-18,24-25H,2-3,5,7-11,13-15H2,(H,21,26)/t17-/m1/s1. The number of nitrogens with zero attached hydrogens (tertiary/aromatic N) is 2. The van der Waals surface area contributed by atoms with Gasteiger partial charge in [0.05, 0.1) is 0 Å². The predicted molar refractivity (Wildman–Crippen MR) is 101 cm³/mol. The Bertz CT molecular complexity index is 591. The monoisotopic (exact) mass is 361 g/mol. The number of nitrogens with one attached hydrogen (secondary N) is 1. The van der Waals surface area contributed by atoms with Gasteiger partial charge < -0.3 is 25.3 Å². The highest BCUT2D eigenvalue weighted by Gasteiger charge is 2.32. The van der Waals surface area contributed by atoms with Crippen molar-refractivity contribution in [3.63, 3.8) is 0 Å². The molecule has 3 N–H and O–H groups in total. The maximum Gasteiger partial charge on any atom is 0.317 e. The van der Waals surface area contributed by atoms with E-state index in [2.05, 4.69) is 10.2 Å². The molecule has 1 aliphatic heterocycles. The summed E-state index contributed by atoms with van der Waals surface area (Å²) in [5.74, 6) is 0.646. The average Bonchev–Trinajstić information content (AvgIpc) is 3.48. The maximum atomic E-state index is 12.6. The van der Waals surface area contributed by atoms with Crippen LogP contribution in [-0.2, 0) is 6.54 Å². The molecule has 6 nitrogen and oxygen atoms in total. The van der Waals surface area contributed by atoms with Crippen molar-refractivity contribution in [3.05, 3.63) is 29.8 Å². The lowest BCUT2D eigenvalue weighted by Crippen LogP contribution is -2.42. The van der Waals surface area contributed by atoms with Gasteiger partial charge in [0, 0.05) is 32.3 Å². The number of carbonyl (C=O) groups excluding carboxylic acids is 1. The predicted octanol–water partition coefficient (Wildman–Crippen LogP) is 2.16. The van der Waals surface area contributed by atoms with Gasteiger partial charge in [-0.25, -0.2) is 4.79 Å². The van der Waals surface area contributed by atoms with Gasteiger partial charge in [-0.3, -0.25) is 0 Å². The number of phenolic OH excluding ortho intramolecular Hbond substituents is 1. The summed E-state index contributed by atoms with van der Waals surface area (Å²) in [6.45, 7) is 4.51. The average molecular weight is 361 g/mol. The van der Waals surface area contributed by atoms with E-state index < -0.39 is 0 Å². The molecule has 0 aromatic heterocycles. The molecule has 1 saturated heterocycles. The number of likely N-dealkylation sites (tertiary alicyclic amines) is 1. The molecule has 1 heterocycles. The quantitative estimate of drug-likeness (QED) is 0.620. The van der Waals surface area contributed by atoms with Crippen LogP contribution in [0.3, 0.4) is 0 Å². The Balaban J connectivity index is 1.41. The van der Waals surface area contributed by atoms with Gasteiger partial charge >= 0.3 is 6.03 Å².